The summed E-state index contributed by atoms with van der Waals surface area (Å²) in [5.41, 5.74) is 1.96. The van der Waals surface area contributed by atoms with E-state index in [1.54, 1.807) is 12.4 Å². The van der Waals surface area contributed by atoms with Gasteiger partial charge in [-0.15, -0.1) is 10.2 Å². The van der Waals surface area contributed by atoms with E-state index in [9.17, 15) is 4.79 Å². The van der Waals surface area contributed by atoms with Crippen LogP contribution >= 0.6 is 15.9 Å². The summed E-state index contributed by atoms with van der Waals surface area (Å²) in [6.45, 7) is 2.81. The third-order valence-electron chi connectivity index (χ3n) is 4.01. The second kappa shape index (κ2) is 8.16. The summed E-state index contributed by atoms with van der Waals surface area (Å²) in [4.78, 5) is 16.4. The van der Waals surface area contributed by atoms with Crippen molar-refractivity contribution in [3.63, 3.8) is 0 Å². The Labute approximate surface area is 155 Å². The van der Waals surface area contributed by atoms with Crippen LogP contribution in [0.2, 0.25) is 0 Å². The molecular formula is C19H19BrN4O. The van der Waals surface area contributed by atoms with Gasteiger partial charge < -0.3 is 4.57 Å². The zero-order valence-electron chi connectivity index (χ0n) is 14.0. The Morgan fingerprint density at radius 1 is 1.16 bits per heavy atom. The second-order valence-electron chi connectivity index (χ2n) is 5.77. The summed E-state index contributed by atoms with van der Waals surface area (Å²) in [6, 6.07) is 11.7. The van der Waals surface area contributed by atoms with Crippen molar-refractivity contribution in [2.45, 2.75) is 32.7 Å². The van der Waals surface area contributed by atoms with Gasteiger partial charge in [0.1, 0.15) is 11.6 Å². The Balaban J connectivity index is 1.66. The normalized spacial score (nSPS) is 10.8. The number of carbonyl (C=O) groups excluding carboxylic acids is 1. The van der Waals surface area contributed by atoms with Gasteiger partial charge in [0.05, 0.1) is 0 Å². The third-order valence-corrected chi connectivity index (χ3v) is 4.53. The molecule has 25 heavy (non-hydrogen) atoms. The molecule has 128 valence electrons. The van der Waals surface area contributed by atoms with Gasteiger partial charge in [0, 0.05) is 48.2 Å². The van der Waals surface area contributed by atoms with E-state index in [2.05, 4.69) is 38.0 Å². The molecular weight excluding hydrogens is 380 g/mol. The molecule has 5 nitrogen and oxygen atoms in total. The molecule has 0 saturated carbocycles. The molecule has 0 radical (unpaired) electrons. The Bertz CT molecular complexity index is 844. The standard InChI is InChI=1S/C19H19BrN4O/c1-2-24-18(22-23-19(24)15-4-3-11-21-13-15)10-9-17(25)12-14-5-7-16(20)8-6-14/h3-8,11,13H,2,9-10,12H2,1H3. The first-order chi connectivity index (χ1) is 12.2. The molecule has 2 aromatic heterocycles. The molecule has 0 fully saturated rings. The molecule has 0 aliphatic carbocycles. The van der Waals surface area contributed by atoms with Crippen LogP contribution in [0.4, 0.5) is 0 Å². The lowest BCUT2D eigenvalue weighted by Gasteiger charge is -2.07. The predicted octanol–water partition coefficient (Wildman–Crippen LogP) is 3.87. The fraction of sp³-hybridized carbons (Fsp3) is 0.263. The van der Waals surface area contributed by atoms with Crippen molar-refractivity contribution >= 4 is 21.7 Å². The van der Waals surface area contributed by atoms with Crippen LogP contribution in [0.5, 0.6) is 0 Å². The highest BCUT2D eigenvalue weighted by molar-refractivity contribution is 9.10. The van der Waals surface area contributed by atoms with Crippen molar-refractivity contribution in [2.75, 3.05) is 0 Å². The fourth-order valence-corrected chi connectivity index (χ4v) is 3.00. The molecule has 0 aliphatic heterocycles. The lowest BCUT2D eigenvalue weighted by molar-refractivity contribution is -0.118. The van der Waals surface area contributed by atoms with Gasteiger partial charge in [-0.2, -0.15) is 0 Å². The van der Waals surface area contributed by atoms with Gasteiger partial charge in [0.15, 0.2) is 5.82 Å². The molecule has 0 aliphatic rings. The predicted molar refractivity (Wildman–Crippen MR) is 100 cm³/mol. The van der Waals surface area contributed by atoms with E-state index < -0.39 is 0 Å². The smallest absolute Gasteiger partial charge is 0.165 e. The van der Waals surface area contributed by atoms with Gasteiger partial charge in [-0.1, -0.05) is 28.1 Å². The van der Waals surface area contributed by atoms with Crippen LogP contribution in [0.1, 0.15) is 24.7 Å². The number of hydrogen-bond donors (Lipinski definition) is 0. The largest absolute Gasteiger partial charge is 0.311 e. The number of aromatic nitrogens is 4. The van der Waals surface area contributed by atoms with Gasteiger partial charge in [-0.3, -0.25) is 9.78 Å². The summed E-state index contributed by atoms with van der Waals surface area (Å²) in [7, 11) is 0. The highest BCUT2D eigenvalue weighted by Crippen LogP contribution is 2.18. The monoisotopic (exact) mass is 398 g/mol. The molecule has 2 heterocycles. The van der Waals surface area contributed by atoms with E-state index in [0.29, 0.717) is 19.3 Å². The van der Waals surface area contributed by atoms with E-state index in [0.717, 1.165) is 33.8 Å². The van der Waals surface area contributed by atoms with E-state index >= 15 is 0 Å². The SMILES string of the molecule is CCn1c(CCC(=O)Cc2ccc(Br)cc2)nnc1-c1cccnc1. The quantitative estimate of drug-likeness (QED) is 0.605. The maximum atomic E-state index is 12.3. The van der Waals surface area contributed by atoms with E-state index in [1.807, 2.05) is 41.0 Å². The molecule has 0 amide bonds. The second-order valence-corrected chi connectivity index (χ2v) is 6.68. The lowest BCUT2D eigenvalue weighted by Crippen LogP contribution is -2.09. The van der Waals surface area contributed by atoms with Crippen LogP contribution in [-0.2, 0) is 24.2 Å². The van der Waals surface area contributed by atoms with Gasteiger partial charge in [0.25, 0.3) is 0 Å². The molecule has 1 aromatic carbocycles. The average Bonchev–Trinajstić information content (AvgIpc) is 3.05. The summed E-state index contributed by atoms with van der Waals surface area (Å²) in [6.07, 6.45) is 5.01. The number of nitrogens with zero attached hydrogens (tertiary/aromatic N) is 4. The Hall–Kier alpha value is -2.34. The van der Waals surface area contributed by atoms with Gasteiger partial charge in [-0.05, 0) is 36.8 Å². The number of hydrogen-bond acceptors (Lipinski definition) is 4. The Morgan fingerprint density at radius 3 is 2.64 bits per heavy atom. The molecule has 0 unspecified atom stereocenters. The van der Waals surface area contributed by atoms with E-state index in [1.165, 1.54) is 0 Å². The van der Waals surface area contributed by atoms with Crippen LogP contribution in [0, 0.1) is 0 Å². The first-order valence-electron chi connectivity index (χ1n) is 8.26. The first-order valence-corrected chi connectivity index (χ1v) is 9.05. The Morgan fingerprint density at radius 2 is 1.96 bits per heavy atom. The highest BCUT2D eigenvalue weighted by Gasteiger charge is 2.14. The van der Waals surface area contributed by atoms with Crippen molar-refractivity contribution in [3.05, 3.63) is 64.7 Å². The first kappa shape index (κ1) is 17.5. The fourth-order valence-electron chi connectivity index (χ4n) is 2.73. The number of Topliss-reactive ketones (excluding diaryl/α,β-unsaturated/α-hetero) is 1. The number of rotatable bonds is 7. The maximum absolute atomic E-state index is 12.3. The topological polar surface area (TPSA) is 60.7 Å². The molecule has 0 N–H and O–H groups in total. The minimum absolute atomic E-state index is 0.205. The Kier molecular flexibility index (Phi) is 5.71. The van der Waals surface area contributed by atoms with E-state index in [-0.39, 0.29) is 5.78 Å². The number of halogens is 1. The summed E-state index contributed by atoms with van der Waals surface area (Å²) < 4.78 is 3.06. The minimum atomic E-state index is 0.205. The minimum Gasteiger partial charge on any atom is -0.311 e. The molecule has 0 bridgehead atoms. The molecule has 0 saturated heterocycles. The molecule has 0 spiro atoms. The van der Waals surface area contributed by atoms with E-state index in [4.69, 9.17) is 0 Å². The van der Waals surface area contributed by atoms with Crippen molar-refractivity contribution in [2.24, 2.45) is 0 Å². The lowest BCUT2D eigenvalue weighted by atomic mass is 10.1. The zero-order chi connectivity index (χ0) is 17.6. The number of ketones is 1. The van der Waals surface area contributed by atoms with Crippen molar-refractivity contribution in [1.82, 2.24) is 19.7 Å². The van der Waals surface area contributed by atoms with Crippen molar-refractivity contribution in [1.29, 1.82) is 0 Å². The van der Waals surface area contributed by atoms with Crippen molar-refractivity contribution < 1.29 is 4.79 Å². The van der Waals surface area contributed by atoms with Gasteiger partial charge in [-0.25, -0.2) is 0 Å². The van der Waals surface area contributed by atoms with Gasteiger partial charge in [0.2, 0.25) is 0 Å². The number of aryl methyl sites for hydroxylation is 1. The maximum Gasteiger partial charge on any atom is 0.165 e. The summed E-state index contributed by atoms with van der Waals surface area (Å²) in [5, 5.41) is 8.57. The average molecular weight is 399 g/mol. The molecule has 0 atom stereocenters. The van der Waals surface area contributed by atoms with Crippen molar-refractivity contribution in [3.8, 4) is 11.4 Å². The molecule has 3 aromatic rings. The van der Waals surface area contributed by atoms with Crippen LogP contribution in [0.3, 0.4) is 0 Å². The van der Waals surface area contributed by atoms with Crippen LogP contribution in [0.25, 0.3) is 11.4 Å². The van der Waals surface area contributed by atoms with Crippen LogP contribution in [0.15, 0.2) is 53.3 Å². The highest BCUT2D eigenvalue weighted by atomic mass is 79.9. The van der Waals surface area contributed by atoms with Crippen LogP contribution in [-0.4, -0.2) is 25.5 Å². The van der Waals surface area contributed by atoms with Crippen LogP contribution < -0.4 is 0 Å². The summed E-state index contributed by atoms with van der Waals surface area (Å²) >= 11 is 3.40. The third kappa shape index (κ3) is 4.39. The zero-order valence-corrected chi connectivity index (χ0v) is 15.6. The summed E-state index contributed by atoms with van der Waals surface area (Å²) in [5.74, 6) is 1.84. The number of pyridine rings is 1. The molecule has 6 heteroatoms. The number of carbonyl (C=O) groups is 1. The molecule has 3 rings (SSSR count). The number of benzene rings is 1. The van der Waals surface area contributed by atoms with Gasteiger partial charge >= 0.3 is 0 Å².